The Morgan fingerprint density at radius 1 is 1.14 bits per heavy atom. The summed E-state index contributed by atoms with van der Waals surface area (Å²) in [5.41, 5.74) is 0.0847. The van der Waals surface area contributed by atoms with E-state index >= 15 is 0 Å². The van der Waals surface area contributed by atoms with E-state index in [1.54, 1.807) is 12.1 Å². The Morgan fingerprint density at radius 2 is 1.86 bits per heavy atom. The molecule has 0 saturated heterocycles. The van der Waals surface area contributed by atoms with E-state index in [-0.39, 0.29) is 40.3 Å². The van der Waals surface area contributed by atoms with Crippen LogP contribution in [-0.4, -0.2) is 54.7 Å². The number of halogens is 4. The number of benzene rings is 2. The van der Waals surface area contributed by atoms with Crippen LogP contribution in [0.5, 0.6) is 23.0 Å². The number of nitrogens with zero attached hydrogens (tertiary/aromatic N) is 1. The van der Waals surface area contributed by atoms with Crippen molar-refractivity contribution in [3.8, 4) is 23.0 Å². The SMILES string of the molecule is COc1cc2cc(C(=O)N3CC(CCl)c4c3cc(O)c3[nH]cc(C(F)(F)F)c43)[nH]c2c(OC)c1OC. The van der Waals surface area contributed by atoms with E-state index in [0.717, 1.165) is 6.20 Å². The number of phenols is 1. The van der Waals surface area contributed by atoms with Gasteiger partial charge in [-0.3, -0.25) is 4.79 Å². The fourth-order valence-corrected chi connectivity index (χ4v) is 5.16. The monoisotopic (exact) mass is 523 g/mol. The molecule has 4 aromatic rings. The number of methoxy groups -OCH3 is 3. The van der Waals surface area contributed by atoms with Gasteiger partial charge in [0.1, 0.15) is 11.4 Å². The molecule has 1 amide bonds. The number of ether oxygens (including phenoxy) is 3. The number of phenolic OH excluding ortho intramolecular Hbond substituents is 1. The van der Waals surface area contributed by atoms with Gasteiger partial charge in [0.2, 0.25) is 5.75 Å². The molecule has 3 heterocycles. The van der Waals surface area contributed by atoms with Crippen molar-refractivity contribution in [1.82, 2.24) is 9.97 Å². The Morgan fingerprint density at radius 3 is 2.47 bits per heavy atom. The minimum Gasteiger partial charge on any atom is -0.506 e. The summed E-state index contributed by atoms with van der Waals surface area (Å²) in [5.74, 6) is -0.455. The molecule has 2 aromatic heterocycles. The molecule has 0 radical (unpaired) electrons. The summed E-state index contributed by atoms with van der Waals surface area (Å²) in [6.45, 7) is 0.0395. The van der Waals surface area contributed by atoms with Gasteiger partial charge in [-0.2, -0.15) is 13.2 Å². The first kappa shape index (κ1) is 24.0. The minimum absolute atomic E-state index is 0.0198. The lowest BCUT2D eigenvalue weighted by molar-refractivity contribution is -0.136. The van der Waals surface area contributed by atoms with Crippen LogP contribution in [0.3, 0.4) is 0 Å². The van der Waals surface area contributed by atoms with E-state index in [4.69, 9.17) is 25.8 Å². The van der Waals surface area contributed by atoms with Crippen LogP contribution in [0.15, 0.2) is 24.4 Å². The van der Waals surface area contributed by atoms with Gasteiger partial charge in [0.05, 0.1) is 43.6 Å². The van der Waals surface area contributed by atoms with Crippen LogP contribution < -0.4 is 19.1 Å². The molecule has 36 heavy (non-hydrogen) atoms. The minimum atomic E-state index is -4.67. The number of amides is 1. The molecule has 190 valence electrons. The summed E-state index contributed by atoms with van der Waals surface area (Å²) < 4.78 is 57.5. The van der Waals surface area contributed by atoms with E-state index in [0.29, 0.717) is 28.2 Å². The first-order chi connectivity index (χ1) is 17.1. The zero-order valence-electron chi connectivity index (χ0n) is 19.3. The van der Waals surface area contributed by atoms with Gasteiger partial charge >= 0.3 is 6.18 Å². The number of rotatable bonds is 5. The molecule has 0 aliphatic carbocycles. The number of H-pyrrole nitrogens is 2. The second-order valence-corrected chi connectivity index (χ2v) is 8.65. The molecule has 1 atom stereocenters. The van der Waals surface area contributed by atoms with E-state index in [1.807, 2.05) is 0 Å². The standard InChI is InChI=1S/C24H21ClF3N3O5/c1-34-16-5-10-4-13(30-19(10)22(36-3)21(16)35-2)23(33)31-9-11(7-25)17-14(31)6-15(32)20-18(17)12(8-29-20)24(26,27)28/h4-6,8,11,29-30,32H,7,9H2,1-3H3. The van der Waals surface area contributed by atoms with Crippen LogP contribution in [0, 0.1) is 0 Å². The van der Waals surface area contributed by atoms with Crippen molar-refractivity contribution in [3.63, 3.8) is 0 Å². The molecule has 0 bridgehead atoms. The van der Waals surface area contributed by atoms with Crippen molar-refractivity contribution in [2.75, 3.05) is 38.7 Å². The second-order valence-electron chi connectivity index (χ2n) is 8.34. The highest BCUT2D eigenvalue weighted by Gasteiger charge is 2.41. The topological polar surface area (TPSA) is 99.8 Å². The van der Waals surface area contributed by atoms with Crippen molar-refractivity contribution in [1.29, 1.82) is 0 Å². The van der Waals surface area contributed by atoms with Gasteiger partial charge < -0.3 is 34.2 Å². The lowest BCUT2D eigenvalue weighted by atomic mass is 9.96. The summed E-state index contributed by atoms with van der Waals surface area (Å²) in [6.07, 6.45) is -3.86. The maximum absolute atomic E-state index is 13.8. The number of hydrogen-bond acceptors (Lipinski definition) is 5. The summed E-state index contributed by atoms with van der Waals surface area (Å²) in [4.78, 5) is 20.5. The fourth-order valence-electron chi connectivity index (χ4n) is 4.91. The molecular weight excluding hydrogens is 503 g/mol. The number of alkyl halides is 4. The molecule has 3 N–H and O–H groups in total. The first-order valence-electron chi connectivity index (χ1n) is 10.8. The third kappa shape index (κ3) is 3.41. The predicted octanol–water partition coefficient (Wildman–Crippen LogP) is 5.38. The van der Waals surface area contributed by atoms with Crippen LogP contribution in [0.1, 0.15) is 27.5 Å². The van der Waals surface area contributed by atoms with Gasteiger partial charge in [-0.1, -0.05) is 0 Å². The molecule has 8 nitrogen and oxygen atoms in total. The highest BCUT2D eigenvalue weighted by Crippen LogP contribution is 2.49. The normalized spacial score (nSPS) is 15.5. The van der Waals surface area contributed by atoms with Crippen LogP contribution in [0.4, 0.5) is 18.9 Å². The van der Waals surface area contributed by atoms with Crippen molar-refractivity contribution in [2.45, 2.75) is 12.1 Å². The molecule has 5 rings (SSSR count). The Kier molecular flexibility index (Phi) is 5.62. The van der Waals surface area contributed by atoms with Crippen LogP contribution in [0.2, 0.25) is 0 Å². The number of fused-ring (bicyclic) bond motifs is 4. The van der Waals surface area contributed by atoms with Gasteiger partial charge in [0.25, 0.3) is 5.91 Å². The van der Waals surface area contributed by atoms with E-state index < -0.39 is 29.3 Å². The Balaban J connectivity index is 1.67. The van der Waals surface area contributed by atoms with Crippen molar-refractivity contribution < 1.29 is 37.3 Å². The van der Waals surface area contributed by atoms with Gasteiger partial charge in [-0.05, 0) is 17.7 Å². The van der Waals surface area contributed by atoms with Crippen LogP contribution >= 0.6 is 11.6 Å². The number of aromatic nitrogens is 2. The van der Waals surface area contributed by atoms with Crippen molar-refractivity contribution in [2.24, 2.45) is 0 Å². The smallest absolute Gasteiger partial charge is 0.418 e. The average molecular weight is 524 g/mol. The first-order valence-corrected chi connectivity index (χ1v) is 11.3. The molecule has 1 aliphatic heterocycles. The second kappa shape index (κ2) is 8.44. The zero-order chi connectivity index (χ0) is 25.9. The lowest BCUT2D eigenvalue weighted by Gasteiger charge is -2.17. The number of nitrogens with one attached hydrogen (secondary N) is 2. The fraction of sp³-hybridized carbons (Fsp3) is 0.292. The van der Waals surface area contributed by atoms with Crippen molar-refractivity contribution >= 4 is 45.0 Å². The molecule has 12 heteroatoms. The molecule has 1 unspecified atom stereocenters. The molecule has 1 aliphatic rings. The predicted molar refractivity (Wildman–Crippen MR) is 128 cm³/mol. The van der Waals surface area contributed by atoms with Gasteiger partial charge in [-0.25, -0.2) is 0 Å². The highest BCUT2D eigenvalue weighted by molar-refractivity contribution is 6.19. The summed E-state index contributed by atoms with van der Waals surface area (Å²) >= 11 is 6.15. The Hall–Kier alpha value is -3.73. The summed E-state index contributed by atoms with van der Waals surface area (Å²) in [5, 5.41) is 10.9. The van der Waals surface area contributed by atoms with Crippen LogP contribution in [-0.2, 0) is 6.18 Å². The number of carbonyl (C=O) groups excluding carboxylic acids is 1. The third-order valence-electron chi connectivity index (χ3n) is 6.44. The summed E-state index contributed by atoms with van der Waals surface area (Å²) in [7, 11) is 4.38. The number of aromatic hydroxyl groups is 1. The molecule has 0 spiro atoms. The van der Waals surface area contributed by atoms with E-state index in [2.05, 4.69) is 9.97 Å². The van der Waals surface area contributed by atoms with Gasteiger partial charge in [0.15, 0.2) is 11.5 Å². The largest absolute Gasteiger partial charge is 0.506 e. The van der Waals surface area contributed by atoms with E-state index in [1.165, 1.54) is 32.3 Å². The molecule has 2 aromatic carbocycles. The Labute approximate surface area is 207 Å². The Bertz CT molecular complexity index is 1510. The lowest BCUT2D eigenvalue weighted by Crippen LogP contribution is -2.30. The van der Waals surface area contributed by atoms with Gasteiger partial charge in [-0.15, -0.1) is 11.6 Å². The quantitative estimate of drug-likeness (QED) is 0.305. The third-order valence-corrected chi connectivity index (χ3v) is 6.82. The van der Waals surface area contributed by atoms with Gasteiger partial charge in [0, 0.05) is 41.4 Å². The molecule has 0 saturated carbocycles. The van der Waals surface area contributed by atoms with Crippen LogP contribution in [0.25, 0.3) is 21.8 Å². The zero-order valence-corrected chi connectivity index (χ0v) is 20.1. The van der Waals surface area contributed by atoms with Crippen molar-refractivity contribution in [3.05, 3.63) is 41.2 Å². The van der Waals surface area contributed by atoms with E-state index in [9.17, 15) is 23.1 Å². The highest BCUT2D eigenvalue weighted by atomic mass is 35.5. The maximum Gasteiger partial charge on any atom is 0.418 e. The summed E-state index contributed by atoms with van der Waals surface area (Å²) in [6, 6.07) is 4.55. The molecule has 0 fully saturated rings. The number of aromatic amines is 2. The number of anilines is 1. The number of hydrogen-bond donors (Lipinski definition) is 3. The average Bonchev–Trinajstić information content (AvgIpc) is 3.56. The maximum atomic E-state index is 13.8. The molecular formula is C24H21ClF3N3O5. The number of carbonyl (C=O) groups is 1.